The van der Waals surface area contributed by atoms with Gasteiger partial charge in [-0.15, -0.1) is 0 Å². The second kappa shape index (κ2) is 9.26. The smallest absolute Gasteiger partial charge is 0.305 e. The van der Waals surface area contributed by atoms with E-state index in [1.807, 2.05) is 0 Å². The molecule has 0 N–H and O–H groups in total. The van der Waals surface area contributed by atoms with Crippen LogP contribution in [0.3, 0.4) is 0 Å². The highest BCUT2D eigenvalue weighted by atomic mass is 16.5. The lowest BCUT2D eigenvalue weighted by molar-refractivity contribution is -0.140. The summed E-state index contributed by atoms with van der Waals surface area (Å²) in [5.74, 6) is -0.0712. The number of carbonyl (C=O) groups is 1. The van der Waals surface area contributed by atoms with Crippen molar-refractivity contribution in [3.05, 3.63) is 11.6 Å². The Hall–Kier alpha value is -0.790. The summed E-state index contributed by atoms with van der Waals surface area (Å²) in [6.07, 6.45) is 15.8. The van der Waals surface area contributed by atoms with E-state index in [4.69, 9.17) is 0 Å². The molecule has 2 nitrogen and oxygen atoms in total. The van der Waals surface area contributed by atoms with Gasteiger partial charge in [0.2, 0.25) is 0 Å². The highest BCUT2D eigenvalue weighted by molar-refractivity contribution is 5.68. The van der Waals surface area contributed by atoms with Gasteiger partial charge < -0.3 is 4.74 Å². The Morgan fingerprint density at radius 3 is 2.24 bits per heavy atom. The summed E-state index contributed by atoms with van der Waals surface area (Å²) in [5, 5.41) is 0. The average Bonchev–Trinajstić information content (AvgIpc) is 3.15. The Labute approximate surface area is 105 Å². The summed E-state index contributed by atoms with van der Waals surface area (Å²) < 4.78 is 4.60. The lowest BCUT2D eigenvalue weighted by Gasteiger charge is -2.01. The van der Waals surface area contributed by atoms with Crippen molar-refractivity contribution in [2.45, 2.75) is 70.6 Å². The largest absolute Gasteiger partial charge is 0.469 e. The van der Waals surface area contributed by atoms with Crippen molar-refractivity contribution < 1.29 is 9.53 Å². The number of esters is 1. The summed E-state index contributed by atoms with van der Waals surface area (Å²) in [7, 11) is 1.46. The van der Waals surface area contributed by atoms with Crippen LogP contribution in [0.25, 0.3) is 0 Å². The summed E-state index contributed by atoms with van der Waals surface area (Å²) in [6, 6.07) is 0. The molecule has 0 saturated heterocycles. The van der Waals surface area contributed by atoms with Gasteiger partial charge in [0, 0.05) is 6.42 Å². The fourth-order valence-electron chi connectivity index (χ4n) is 1.98. The molecular weight excluding hydrogens is 212 g/mol. The summed E-state index contributed by atoms with van der Waals surface area (Å²) in [4.78, 5) is 10.9. The standard InChI is InChI=1S/C15H26O2/c1-17-15(16)11-9-7-5-3-2-4-6-8-10-14-12-13-14/h10H,2-9,11-13H2,1H3. The third kappa shape index (κ3) is 8.96. The molecule has 0 unspecified atom stereocenters. The van der Waals surface area contributed by atoms with E-state index < -0.39 is 0 Å². The number of rotatable bonds is 10. The first-order valence-electron chi connectivity index (χ1n) is 7.07. The van der Waals surface area contributed by atoms with Gasteiger partial charge in [0.25, 0.3) is 0 Å². The third-order valence-corrected chi connectivity index (χ3v) is 3.28. The molecule has 0 bridgehead atoms. The lowest BCUT2D eigenvalue weighted by Crippen LogP contribution is -1.99. The van der Waals surface area contributed by atoms with Gasteiger partial charge in [-0.3, -0.25) is 4.79 Å². The predicted molar refractivity (Wildman–Crippen MR) is 70.9 cm³/mol. The van der Waals surface area contributed by atoms with E-state index in [0.717, 1.165) is 6.42 Å². The van der Waals surface area contributed by atoms with Gasteiger partial charge in [-0.1, -0.05) is 43.8 Å². The van der Waals surface area contributed by atoms with E-state index in [0.29, 0.717) is 6.42 Å². The molecule has 0 atom stereocenters. The van der Waals surface area contributed by atoms with Crippen LogP contribution >= 0.6 is 0 Å². The second-order valence-corrected chi connectivity index (χ2v) is 4.95. The fraction of sp³-hybridized carbons (Fsp3) is 0.800. The van der Waals surface area contributed by atoms with Crippen LogP contribution in [-0.4, -0.2) is 13.1 Å². The van der Waals surface area contributed by atoms with E-state index in [9.17, 15) is 4.79 Å². The third-order valence-electron chi connectivity index (χ3n) is 3.28. The molecule has 98 valence electrons. The minimum Gasteiger partial charge on any atom is -0.469 e. The van der Waals surface area contributed by atoms with Gasteiger partial charge in [0.15, 0.2) is 0 Å². The Morgan fingerprint density at radius 2 is 1.65 bits per heavy atom. The first-order valence-corrected chi connectivity index (χ1v) is 7.07. The molecular formula is C15H26O2. The maximum atomic E-state index is 10.9. The summed E-state index contributed by atoms with van der Waals surface area (Å²) in [5.41, 5.74) is 1.67. The topological polar surface area (TPSA) is 26.3 Å². The molecule has 1 fully saturated rings. The molecule has 0 spiro atoms. The van der Waals surface area contributed by atoms with Crippen molar-refractivity contribution in [3.8, 4) is 0 Å². The lowest BCUT2D eigenvalue weighted by atomic mass is 10.1. The van der Waals surface area contributed by atoms with Gasteiger partial charge in [-0.05, 0) is 32.1 Å². The van der Waals surface area contributed by atoms with Crippen LogP contribution < -0.4 is 0 Å². The summed E-state index contributed by atoms with van der Waals surface area (Å²) >= 11 is 0. The van der Waals surface area contributed by atoms with Crippen molar-refractivity contribution in [1.82, 2.24) is 0 Å². The number of allylic oxidation sites excluding steroid dienone is 2. The van der Waals surface area contributed by atoms with Crippen LogP contribution in [0.5, 0.6) is 0 Å². The number of ether oxygens (including phenoxy) is 1. The highest BCUT2D eigenvalue weighted by Gasteiger charge is 2.08. The number of unbranched alkanes of at least 4 members (excludes halogenated alkanes) is 7. The van der Waals surface area contributed by atoms with Gasteiger partial charge in [0.1, 0.15) is 0 Å². The molecule has 0 aromatic carbocycles. The van der Waals surface area contributed by atoms with Crippen LogP contribution in [0, 0.1) is 0 Å². The zero-order valence-electron chi connectivity index (χ0n) is 11.2. The van der Waals surface area contributed by atoms with E-state index in [2.05, 4.69) is 10.8 Å². The van der Waals surface area contributed by atoms with Crippen LogP contribution in [0.4, 0.5) is 0 Å². The predicted octanol–water partition coefficient (Wildman–Crippen LogP) is 4.39. The SMILES string of the molecule is COC(=O)CCCCCCCCCC=C1CC1. The number of hydrogen-bond donors (Lipinski definition) is 0. The molecule has 0 amide bonds. The Morgan fingerprint density at radius 1 is 1.06 bits per heavy atom. The minimum absolute atomic E-state index is 0.0712. The highest BCUT2D eigenvalue weighted by Crippen LogP contribution is 2.28. The minimum atomic E-state index is -0.0712. The van der Waals surface area contributed by atoms with Crippen LogP contribution in [0.2, 0.25) is 0 Å². The van der Waals surface area contributed by atoms with E-state index in [1.165, 1.54) is 64.9 Å². The number of methoxy groups -OCH3 is 1. The Bertz CT molecular complexity index is 237. The molecule has 1 rings (SSSR count). The molecule has 1 aliphatic carbocycles. The maximum absolute atomic E-state index is 10.9. The zero-order valence-corrected chi connectivity index (χ0v) is 11.2. The van der Waals surface area contributed by atoms with Gasteiger partial charge in [-0.25, -0.2) is 0 Å². The Kier molecular flexibility index (Phi) is 7.78. The molecule has 2 heteroatoms. The van der Waals surface area contributed by atoms with Crippen LogP contribution in [0.15, 0.2) is 11.6 Å². The first-order chi connectivity index (χ1) is 8.33. The molecule has 1 aliphatic rings. The van der Waals surface area contributed by atoms with E-state index >= 15 is 0 Å². The molecule has 17 heavy (non-hydrogen) atoms. The number of hydrogen-bond acceptors (Lipinski definition) is 2. The van der Waals surface area contributed by atoms with Crippen LogP contribution in [0.1, 0.15) is 70.6 Å². The fourth-order valence-corrected chi connectivity index (χ4v) is 1.98. The van der Waals surface area contributed by atoms with Gasteiger partial charge in [0.05, 0.1) is 7.11 Å². The maximum Gasteiger partial charge on any atom is 0.305 e. The molecule has 0 aromatic heterocycles. The monoisotopic (exact) mass is 238 g/mol. The van der Waals surface area contributed by atoms with Gasteiger partial charge >= 0.3 is 5.97 Å². The first kappa shape index (κ1) is 14.3. The Balaban J connectivity index is 1.72. The molecule has 0 heterocycles. The molecule has 1 saturated carbocycles. The summed E-state index contributed by atoms with van der Waals surface area (Å²) in [6.45, 7) is 0. The van der Waals surface area contributed by atoms with Crippen molar-refractivity contribution in [2.75, 3.05) is 7.11 Å². The van der Waals surface area contributed by atoms with Crippen molar-refractivity contribution >= 4 is 5.97 Å². The average molecular weight is 238 g/mol. The van der Waals surface area contributed by atoms with Crippen LogP contribution in [-0.2, 0) is 9.53 Å². The van der Waals surface area contributed by atoms with Gasteiger partial charge in [-0.2, -0.15) is 0 Å². The van der Waals surface area contributed by atoms with Crippen molar-refractivity contribution in [2.24, 2.45) is 0 Å². The molecule has 0 radical (unpaired) electrons. The normalized spacial score (nSPS) is 13.6. The van der Waals surface area contributed by atoms with Crippen molar-refractivity contribution in [3.63, 3.8) is 0 Å². The zero-order chi connectivity index (χ0) is 12.3. The number of carbonyl (C=O) groups excluding carboxylic acids is 1. The quantitative estimate of drug-likeness (QED) is 0.320. The molecule has 0 aliphatic heterocycles. The molecule has 0 aromatic rings. The van der Waals surface area contributed by atoms with Crippen molar-refractivity contribution in [1.29, 1.82) is 0 Å². The van der Waals surface area contributed by atoms with E-state index in [1.54, 1.807) is 5.57 Å². The van der Waals surface area contributed by atoms with E-state index in [-0.39, 0.29) is 5.97 Å². The second-order valence-electron chi connectivity index (χ2n) is 4.95.